The van der Waals surface area contributed by atoms with Crippen molar-refractivity contribution in [3.8, 4) is 0 Å². The molecule has 1 amide bonds. The maximum Gasteiger partial charge on any atom is 0.261 e. The van der Waals surface area contributed by atoms with Crippen molar-refractivity contribution in [1.82, 2.24) is 0 Å². The van der Waals surface area contributed by atoms with Crippen LogP contribution in [0.15, 0.2) is 71.6 Å². The number of carbonyl (C=O) groups excluding carboxylic acids is 1. The topological polar surface area (TPSA) is 75.3 Å². The van der Waals surface area contributed by atoms with Crippen LogP contribution < -0.4 is 10.0 Å². The van der Waals surface area contributed by atoms with E-state index in [4.69, 9.17) is 23.2 Å². The molecule has 2 N–H and O–H groups in total. The first-order chi connectivity index (χ1) is 13.2. The van der Waals surface area contributed by atoms with Crippen molar-refractivity contribution in [1.29, 1.82) is 0 Å². The van der Waals surface area contributed by atoms with Gasteiger partial charge in [-0.1, -0.05) is 47.0 Å². The lowest BCUT2D eigenvalue weighted by atomic mass is 10.2. The molecule has 0 fully saturated rings. The van der Waals surface area contributed by atoms with Crippen LogP contribution in [0.5, 0.6) is 0 Å². The highest BCUT2D eigenvalue weighted by Crippen LogP contribution is 2.23. The third kappa shape index (κ3) is 5.04. The number of nitrogens with one attached hydrogen (secondary N) is 2. The van der Waals surface area contributed by atoms with Gasteiger partial charge in [0, 0.05) is 27.0 Å². The molecule has 0 atom stereocenters. The van der Waals surface area contributed by atoms with Gasteiger partial charge in [0.2, 0.25) is 0 Å². The monoisotopic (exact) mass is 434 g/mol. The second-order valence-electron chi connectivity index (χ2n) is 6.11. The summed E-state index contributed by atoms with van der Waals surface area (Å²) in [4.78, 5) is 12.5. The Labute approximate surface area is 173 Å². The Morgan fingerprint density at radius 2 is 1.50 bits per heavy atom. The summed E-state index contributed by atoms with van der Waals surface area (Å²) in [6, 6.07) is 17.3. The number of hydrogen-bond acceptors (Lipinski definition) is 3. The molecule has 5 nitrogen and oxygen atoms in total. The predicted octanol–water partition coefficient (Wildman–Crippen LogP) is 5.35. The molecule has 144 valence electrons. The number of halogens is 2. The van der Waals surface area contributed by atoms with Crippen LogP contribution in [-0.4, -0.2) is 14.3 Å². The first-order valence-electron chi connectivity index (χ1n) is 8.20. The zero-order valence-corrected chi connectivity index (χ0v) is 17.1. The summed E-state index contributed by atoms with van der Waals surface area (Å²) < 4.78 is 27.8. The summed E-state index contributed by atoms with van der Waals surface area (Å²) in [6.45, 7) is 1.91. The fraction of sp³-hybridized carbons (Fsp3) is 0.0500. The molecule has 0 aromatic heterocycles. The summed E-state index contributed by atoms with van der Waals surface area (Å²) in [7, 11) is -3.84. The molecule has 3 aromatic carbocycles. The molecule has 0 aliphatic heterocycles. The Balaban J connectivity index is 1.82. The minimum atomic E-state index is -3.84. The molecule has 3 aromatic rings. The molecule has 0 saturated heterocycles. The predicted molar refractivity (Wildman–Crippen MR) is 113 cm³/mol. The van der Waals surface area contributed by atoms with E-state index in [2.05, 4.69) is 10.0 Å². The molecule has 0 bridgehead atoms. The first-order valence-corrected chi connectivity index (χ1v) is 10.4. The van der Waals surface area contributed by atoms with Crippen LogP contribution in [0.1, 0.15) is 15.9 Å². The highest BCUT2D eigenvalue weighted by molar-refractivity contribution is 7.92. The summed E-state index contributed by atoms with van der Waals surface area (Å²) in [5.74, 6) is -0.481. The minimum absolute atomic E-state index is 0.0233. The Morgan fingerprint density at radius 3 is 2.14 bits per heavy atom. The van der Waals surface area contributed by atoms with Gasteiger partial charge in [-0.2, -0.15) is 0 Å². The van der Waals surface area contributed by atoms with E-state index < -0.39 is 15.9 Å². The number of rotatable bonds is 5. The summed E-state index contributed by atoms with van der Waals surface area (Å²) in [5, 5.41) is 3.40. The van der Waals surface area contributed by atoms with Gasteiger partial charge < -0.3 is 5.32 Å². The van der Waals surface area contributed by atoms with Crippen LogP contribution in [0.3, 0.4) is 0 Å². The van der Waals surface area contributed by atoms with E-state index in [9.17, 15) is 13.2 Å². The lowest BCUT2D eigenvalue weighted by Gasteiger charge is -2.10. The lowest BCUT2D eigenvalue weighted by Crippen LogP contribution is -2.16. The molecule has 0 heterocycles. The number of carbonyl (C=O) groups is 1. The Morgan fingerprint density at radius 1 is 0.857 bits per heavy atom. The molecule has 0 radical (unpaired) electrons. The third-order valence-corrected chi connectivity index (χ3v) is 5.65. The molecule has 0 spiro atoms. The molecule has 8 heteroatoms. The average molecular weight is 435 g/mol. The number of hydrogen-bond donors (Lipinski definition) is 2. The molecular formula is C20H16Cl2N2O3S. The van der Waals surface area contributed by atoms with Crippen molar-refractivity contribution in [2.24, 2.45) is 0 Å². The van der Waals surface area contributed by atoms with Crippen LogP contribution in [-0.2, 0) is 10.0 Å². The quantitative estimate of drug-likeness (QED) is 0.567. The normalized spacial score (nSPS) is 11.1. The molecule has 28 heavy (non-hydrogen) atoms. The minimum Gasteiger partial charge on any atom is -0.322 e. The van der Waals surface area contributed by atoms with E-state index >= 15 is 0 Å². The molecule has 0 aliphatic carbocycles. The average Bonchev–Trinajstić information content (AvgIpc) is 2.63. The summed E-state index contributed by atoms with van der Waals surface area (Å²) in [6.07, 6.45) is 0. The molecular weight excluding hydrogens is 419 g/mol. The van der Waals surface area contributed by atoms with E-state index in [1.807, 2.05) is 6.92 Å². The van der Waals surface area contributed by atoms with Gasteiger partial charge in [-0.25, -0.2) is 8.42 Å². The lowest BCUT2D eigenvalue weighted by molar-refractivity contribution is 0.102. The van der Waals surface area contributed by atoms with E-state index in [1.54, 1.807) is 42.5 Å². The fourth-order valence-electron chi connectivity index (χ4n) is 2.47. The van der Waals surface area contributed by atoms with E-state index in [0.29, 0.717) is 21.4 Å². The Bertz CT molecular complexity index is 1110. The maximum absolute atomic E-state index is 12.6. The fourth-order valence-corrected chi connectivity index (χ4v) is 4.10. The number of sulfonamides is 1. The van der Waals surface area contributed by atoms with Crippen LogP contribution in [0.2, 0.25) is 10.0 Å². The second-order valence-corrected chi connectivity index (χ2v) is 8.67. The third-order valence-electron chi connectivity index (χ3n) is 3.83. The maximum atomic E-state index is 12.6. The van der Waals surface area contributed by atoms with Gasteiger partial charge in [-0.15, -0.1) is 0 Å². The van der Waals surface area contributed by atoms with Gasteiger partial charge in [0.1, 0.15) is 0 Å². The zero-order valence-electron chi connectivity index (χ0n) is 14.7. The smallest absolute Gasteiger partial charge is 0.261 e. The van der Waals surface area contributed by atoms with Crippen molar-refractivity contribution in [2.75, 3.05) is 10.0 Å². The van der Waals surface area contributed by atoms with Crippen molar-refractivity contribution in [2.45, 2.75) is 11.8 Å². The number of amides is 1. The standard InChI is InChI=1S/C20H16Cl2N2O3S/c1-13-5-7-17(8-6-13)24-28(26,27)19-4-2-3-14(9-19)20(25)23-18-11-15(21)10-16(22)12-18/h2-12,24H,1H3,(H,23,25). The molecule has 3 rings (SSSR count). The van der Waals surface area contributed by atoms with Gasteiger partial charge >= 0.3 is 0 Å². The molecule has 0 aliphatic rings. The largest absolute Gasteiger partial charge is 0.322 e. The zero-order chi connectivity index (χ0) is 20.3. The van der Waals surface area contributed by atoms with E-state index in [0.717, 1.165) is 5.56 Å². The molecule has 0 unspecified atom stereocenters. The van der Waals surface area contributed by atoms with Crippen LogP contribution in [0, 0.1) is 6.92 Å². The highest BCUT2D eigenvalue weighted by atomic mass is 35.5. The van der Waals surface area contributed by atoms with Crippen LogP contribution in [0.4, 0.5) is 11.4 Å². The van der Waals surface area contributed by atoms with E-state index in [-0.39, 0.29) is 10.5 Å². The SMILES string of the molecule is Cc1ccc(NS(=O)(=O)c2cccc(C(=O)Nc3cc(Cl)cc(Cl)c3)c2)cc1. The summed E-state index contributed by atoms with van der Waals surface area (Å²) >= 11 is 11.9. The molecule has 0 saturated carbocycles. The Kier molecular flexibility index (Phi) is 5.93. The van der Waals surface area contributed by atoms with Crippen molar-refractivity contribution in [3.05, 3.63) is 87.9 Å². The van der Waals surface area contributed by atoms with Gasteiger partial charge in [-0.3, -0.25) is 9.52 Å². The number of aryl methyl sites for hydroxylation is 1. The van der Waals surface area contributed by atoms with Gasteiger partial charge in [0.05, 0.1) is 4.90 Å². The van der Waals surface area contributed by atoms with Crippen molar-refractivity contribution >= 4 is 50.5 Å². The Hall–Kier alpha value is -2.54. The van der Waals surface area contributed by atoms with Gasteiger partial charge in [0.15, 0.2) is 0 Å². The van der Waals surface area contributed by atoms with Crippen LogP contribution >= 0.6 is 23.2 Å². The van der Waals surface area contributed by atoms with E-state index in [1.165, 1.54) is 24.3 Å². The highest BCUT2D eigenvalue weighted by Gasteiger charge is 2.17. The van der Waals surface area contributed by atoms with Crippen molar-refractivity contribution < 1.29 is 13.2 Å². The van der Waals surface area contributed by atoms with Crippen molar-refractivity contribution in [3.63, 3.8) is 0 Å². The van der Waals surface area contributed by atoms with Crippen LogP contribution in [0.25, 0.3) is 0 Å². The first kappa shape index (κ1) is 20.2. The second kappa shape index (κ2) is 8.22. The van der Waals surface area contributed by atoms with Gasteiger partial charge in [-0.05, 0) is 55.5 Å². The summed E-state index contributed by atoms with van der Waals surface area (Å²) in [5.41, 5.74) is 2.05. The van der Waals surface area contributed by atoms with Gasteiger partial charge in [0.25, 0.3) is 15.9 Å². The number of benzene rings is 3. The number of anilines is 2.